The van der Waals surface area contributed by atoms with E-state index in [1.807, 2.05) is 37.4 Å². The van der Waals surface area contributed by atoms with E-state index in [1.54, 1.807) is 6.20 Å². The highest BCUT2D eigenvalue weighted by molar-refractivity contribution is 5.63. The van der Waals surface area contributed by atoms with Crippen LogP contribution < -0.4 is 5.73 Å². The molecule has 0 aliphatic heterocycles. The molecule has 0 spiro atoms. The second-order valence-electron chi connectivity index (χ2n) is 3.66. The van der Waals surface area contributed by atoms with E-state index in [1.165, 1.54) is 0 Å². The first-order valence-corrected chi connectivity index (χ1v) is 5.03. The average molecular weight is 198 g/mol. The fraction of sp³-hybridized carbons (Fsp3) is 0.154. The van der Waals surface area contributed by atoms with Gasteiger partial charge in [0.05, 0.1) is 0 Å². The molecule has 2 nitrogen and oxygen atoms in total. The fourth-order valence-electron chi connectivity index (χ4n) is 1.53. The number of nitrogens with zero attached hydrogens (tertiary/aromatic N) is 1. The number of aromatic nitrogens is 1. The molecule has 1 atom stereocenters. The molecule has 2 rings (SSSR count). The molecule has 1 aromatic heterocycles. The number of rotatable bonds is 2. The minimum Gasteiger partial charge on any atom is -0.324 e. The lowest BCUT2D eigenvalue weighted by molar-refractivity contribution is 0.819. The SMILES string of the molecule is C[C@@H](N)c1cccc(-c2cccnc2)c1. The van der Waals surface area contributed by atoms with Gasteiger partial charge in [-0.1, -0.05) is 24.3 Å². The van der Waals surface area contributed by atoms with Crippen molar-refractivity contribution in [2.75, 3.05) is 0 Å². The van der Waals surface area contributed by atoms with Crippen LogP contribution in [0.15, 0.2) is 48.8 Å². The number of nitrogens with two attached hydrogens (primary N) is 1. The molecule has 2 heteroatoms. The molecule has 0 amide bonds. The first-order valence-electron chi connectivity index (χ1n) is 5.03. The zero-order chi connectivity index (χ0) is 10.7. The minimum atomic E-state index is 0.0709. The summed E-state index contributed by atoms with van der Waals surface area (Å²) in [7, 11) is 0. The smallest absolute Gasteiger partial charge is 0.0346 e. The second-order valence-corrected chi connectivity index (χ2v) is 3.66. The van der Waals surface area contributed by atoms with Crippen LogP contribution in [0, 0.1) is 0 Å². The van der Waals surface area contributed by atoms with Gasteiger partial charge in [-0.15, -0.1) is 0 Å². The number of hydrogen-bond donors (Lipinski definition) is 1. The third-order valence-corrected chi connectivity index (χ3v) is 2.41. The van der Waals surface area contributed by atoms with Crippen LogP contribution in [-0.2, 0) is 0 Å². The van der Waals surface area contributed by atoms with Crippen molar-refractivity contribution in [3.05, 3.63) is 54.4 Å². The minimum absolute atomic E-state index is 0.0709. The molecule has 2 N–H and O–H groups in total. The molecule has 0 aliphatic rings. The first kappa shape index (κ1) is 9.87. The highest BCUT2D eigenvalue weighted by Crippen LogP contribution is 2.21. The van der Waals surface area contributed by atoms with Gasteiger partial charge >= 0.3 is 0 Å². The van der Waals surface area contributed by atoms with E-state index in [-0.39, 0.29) is 6.04 Å². The highest BCUT2D eigenvalue weighted by Gasteiger charge is 2.01. The Kier molecular flexibility index (Phi) is 2.79. The summed E-state index contributed by atoms with van der Waals surface area (Å²) in [4.78, 5) is 4.10. The number of pyridine rings is 1. The number of benzene rings is 1. The summed E-state index contributed by atoms with van der Waals surface area (Å²) < 4.78 is 0. The Hall–Kier alpha value is -1.67. The molecule has 0 aliphatic carbocycles. The van der Waals surface area contributed by atoms with Crippen LogP contribution in [0.1, 0.15) is 18.5 Å². The molecule has 15 heavy (non-hydrogen) atoms. The lowest BCUT2D eigenvalue weighted by Crippen LogP contribution is -2.04. The van der Waals surface area contributed by atoms with Crippen molar-refractivity contribution in [1.82, 2.24) is 4.98 Å². The van der Waals surface area contributed by atoms with Crippen molar-refractivity contribution in [2.45, 2.75) is 13.0 Å². The van der Waals surface area contributed by atoms with Crippen LogP contribution in [0.4, 0.5) is 0 Å². The third-order valence-electron chi connectivity index (χ3n) is 2.41. The normalized spacial score (nSPS) is 12.4. The molecular formula is C13H14N2. The van der Waals surface area contributed by atoms with Crippen molar-refractivity contribution in [3.8, 4) is 11.1 Å². The van der Waals surface area contributed by atoms with Gasteiger partial charge in [-0.2, -0.15) is 0 Å². The van der Waals surface area contributed by atoms with Gasteiger partial charge in [-0.05, 0) is 35.7 Å². The van der Waals surface area contributed by atoms with E-state index in [4.69, 9.17) is 5.73 Å². The summed E-state index contributed by atoms with van der Waals surface area (Å²) in [6, 6.07) is 12.3. The summed E-state index contributed by atoms with van der Waals surface area (Å²) in [5, 5.41) is 0. The van der Waals surface area contributed by atoms with E-state index in [0.717, 1.165) is 16.7 Å². The van der Waals surface area contributed by atoms with Crippen LogP contribution in [0.25, 0.3) is 11.1 Å². The van der Waals surface area contributed by atoms with Crippen LogP contribution >= 0.6 is 0 Å². The quantitative estimate of drug-likeness (QED) is 0.805. The Bertz CT molecular complexity index is 435. The van der Waals surface area contributed by atoms with Crippen molar-refractivity contribution in [2.24, 2.45) is 5.73 Å². The van der Waals surface area contributed by atoms with E-state index >= 15 is 0 Å². The van der Waals surface area contributed by atoms with Crippen molar-refractivity contribution in [1.29, 1.82) is 0 Å². The van der Waals surface area contributed by atoms with Gasteiger partial charge in [0.2, 0.25) is 0 Å². The predicted octanol–water partition coefficient (Wildman–Crippen LogP) is 2.77. The van der Waals surface area contributed by atoms with Crippen molar-refractivity contribution >= 4 is 0 Å². The lowest BCUT2D eigenvalue weighted by Gasteiger charge is -2.07. The molecule has 1 heterocycles. The van der Waals surface area contributed by atoms with Crippen LogP contribution in [-0.4, -0.2) is 4.98 Å². The molecule has 1 aromatic carbocycles. The van der Waals surface area contributed by atoms with E-state index in [0.29, 0.717) is 0 Å². The van der Waals surface area contributed by atoms with Gasteiger partial charge in [0.1, 0.15) is 0 Å². The second kappa shape index (κ2) is 4.24. The molecule has 0 unspecified atom stereocenters. The van der Waals surface area contributed by atoms with Gasteiger partial charge in [-0.25, -0.2) is 0 Å². The summed E-state index contributed by atoms with van der Waals surface area (Å²) in [5.74, 6) is 0. The van der Waals surface area contributed by atoms with Crippen molar-refractivity contribution < 1.29 is 0 Å². The third kappa shape index (κ3) is 2.22. The van der Waals surface area contributed by atoms with E-state index < -0.39 is 0 Å². The van der Waals surface area contributed by atoms with Gasteiger partial charge in [0, 0.05) is 18.4 Å². The van der Waals surface area contributed by atoms with E-state index in [2.05, 4.69) is 17.1 Å². The molecule has 2 aromatic rings. The zero-order valence-corrected chi connectivity index (χ0v) is 8.72. The number of hydrogen-bond acceptors (Lipinski definition) is 2. The van der Waals surface area contributed by atoms with E-state index in [9.17, 15) is 0 Å². The average Bonchev–Trinajstić information content (AvgIpc) is 2.30. The standard InChI is InChI=1S/C13H14N2/c1-10(14)11-4-2-5-12(8-11)13-6-3-7-15-9-13/h2-10H,14H2,1H3/t10-/m1/s1. The Morgan fingerprint density at radius 1 is 1.13 bits per heavy atom. The largest absolute Gasteiger partial charge is 0.324 e. The Morgan fingerprint density at radius 3 is 2.60 bits per heavy atom. The topological polar surface area (TPSA) is 38.9 Å². The summed E-state index contributed by atoms with van der Waals surface area (Å²) in [6.07, 6.45) is 3.64. The predicted molar refractivity (Wildman–Crippen MR) is 62.3 cm³/mol. The lowest BCUT2D eigenvalue weighted by atomic mass is 10.0. The Balaban J connectivity index is 2.42. The van der Waals surface area contributed by atoms with Gasteiger partial charge in [-0.3, -0.25) is 4.98 Å². The molecule has 0 saturated carbocycles. The highest BCUT2D eigenvalue weighted by atomic mass is 14.6. The summed E-state index contributed by atoms with van der Waals surface area (Å²) in [6.45, 7) is 1.99. The van der Waals surface area contributed by atoms with Gasteiger partial charge in [0.15, 0.2) is 0 Å². The maximum absolute atomic E-state index is 5.85. The molecule has 76 valence electrons. The van der Waals surface area contributed by atoms with Gasteiger partial charge < -0.3 is 5.73 Å². The van der Waals surface area contributed by atoms with Crippen molar-refractivity contribution in [3.63, 3.8) is 0 Å². The van der Waals surface area contributed by atoms with Crippen LogP contribution in [0.3, 0.4) is 0 Å². The fourth-order valence-corrected chi connectivity index (χ4v) is 1.53. The summed E-state index contributed by atoms with van der Waals surface area (Å²) >= 11 is 0. The Labute approximate surface area is 89.8 Å². The van der Waals surface area contributed by atoms with Crippen LogP contribution in [0.2, 0.25) is 0 Å². The molecule has 0 radical (unpaired) electrons. The molecule has 0 saturated heterocycles. The zero-order valence-electron chi connectivity index (χ0n) is 8.72. The molecule has 0 fully saturated rings. The molecule has 0 bridgehead atoms. The maximum atomic E-state index is 5.85. The van der Waals surface area contributed by atoms with Gasteiger partial charge in [0.25, 0.3) is 0 Å². The first-order chi connectivity index (χ1) is 7.27. The molecular weight excluding hydrogens is 184 g/mol. The monoisotopic (exact) mass is 198 g/mol. The Morgan fingerprint density at radius 2 is 1.93 bits per heavy atom. The maximum Gasteiger partial charge on any atom is 0.0346 e. The summed E-state index contributed by atoms with van der Waals surface area (Å²) in [5.41, 5.74) is 9.28. The van der Waals surface area contributed by atoms with Crippen LogP contribution in [0.5, 0.6) is 0 Å².